The summed E-state index contributed by atoms with van der Waals surface area (Å²) in [6.45, 7) is 0. The van der Waals surface area contributed by atoms with Gasteiger partial charge in [0, 0.05) is 28.6 Å². The Morgan fingerprint density at radius 2 is 1.07 bits per heavy atom. The number of rotatable bonds is 4. The average Bonchev–Trinajstić information content (AvgIpc) is 3.11. The predicted molar refractivity (Wildman–Crippen MR) is 189 cm³/mol. The third-order valence-corrected chi connectivity index (χ3v) is 8.95. The van der Waals surface area contributed by atoms with E-state index < -0.39 is 0 Å². The molecule has 0 aliphatic rings. The largest absolute Gasteiger partial charge is 0.456 e. The molecule has 1 heterocycles. The Balaban J connectivity index is 1.25. The highest BCUT2D eigenvalue weighted by atomic mass is 16.5. The minimum Gasteiger partial charge on any atom is -0.456 e. The molecule has 2 nitrogen and oxygen atoms in total. The van der Waals surface area contributed by atoms with Crippen LogP contribution in [0.15, 0.2) is 164 Å². The van der Waals surface area contributed by atoms with E-state index in [9.17, 15) is 0 Å². The van der Waals surface area contributed by atoms with Crippen LogP contribution >= 0.6 is 0 Å². The average molecular weight is 574 g/mol. The lowest BCUT2D eigenvalue weighted by Gasteiger charge is -2.19. The first-order chi connectivity index (χ1) is 22.3. The second-order valence-electron chi connectivity index (χ2n) is 11.6. The Labute approximate surface area is 260 Å². The normalized spacial score (nSPS) is 11.6. The Morgan fingerprint density at radius 3 is 1.93 bits per heavy atom. The molecule has 0 aliphatic carbocycles. The summed E-state index contributed by atoms with van der Waals surface area (Å²) in [6.07, 6.45) is 3.84. The molecule has 9 rings (SSSR count). The van der Waals surface area contributed by atoms with Crippen LogP contribution in [0.4, 0.5) is 0 Å². The van der Waals surface area contributed by atoms with E-state index in [1.54, 1.807) is 0 Å². The summed E-state index contributed by atoms with van der Waals surface area (Å²) in [5, 5.41) is 11.6. The lowest BCUT2D eigenvalue weighted by Crippen LogP contribution is -1.94. The summed E-state index contributed by atoms with van der Waals surface area (Å²) in [5.41, 5.74) is 4.79. The van der Waals surface area contributed by atoms with Gasteiger partial charge in [0.25, 0.3) is 0 Å². The van der Waals surface area contributed by atoms with Crippen LogP contribution in [0.5, 0.6) is 11.5 Å². The summed E-state index contributed by atoms with van der Waals surface area (Å²) in [4.78, 5) is 4.61. The van der Waals surface area contributed by atoms with Gasteiger partial charge in [-0.1, -0.05) is 121 Å². The molecule has 0 unspecified atom stereocenters. The van der Waals surface area contributed by atoms with Gasteiger partial charge in [0.2, 0.25) is 0 Å². The first kappa shape index (κ1) is 25.5. The quantitative estimate of drug-likeness (QED) is 0.154. The van der Waals surface area contributed by atoms with Crippen molar-refractivity contribution in [2.75, 3.05) is 0 Å². The maximum atomic E-state index is 6.85. The van der Waals surface area contributed by atoms with Crippen LogP contribution in [-0.2, 0) is 0 Å². The molecule has 0 N–H and O–H groups in total. The molecule has 0 saturated carbocycles. The number of fused-ring (bicyclic) bond motifs is 6. The molecular formula is C43H27NO. The van der Waals surface area contributed by atoms with Gasteiger partial charge in [-0.2, -0.15) is 0 Å². The van der Waals surface area contributed by atoms with Crippen molar-refractivity contribution in [1.82, 2.24) is 4.98 Å². The van der Waals surface area contributed by atoms with Crippen LogP contribution in [0.2, 0.25) is 0 Å². The second kappa shape index (κ2) is 10.3. The Kier molecular flexibility index (Phi) is 5.85. The number of pyridine rings is 1. The van der Waals surface area contributed by atoms with Crippen molar-refractivity contribution in [3.05, 3.63) is 164 Å². The number of nitrogens with zero attached hydrogens (tertiary/aromatic N) is 1. The van der Waals surface area contributed by atoms with Crippen molar-refractivity contribution in [3.8, 4) is 33.8 Å². The van der Waals surface area contributed by atoms with Crippen LogP contribution in [-0.4, -0.2) is 4.98 Å². The van der Waals surface area contributed by atoms with Crippen molar-refractivity contribution in [1.29, 1.82) is 0 Å². The first-order valence-corrected chi connectivity index (χ1v) is 15.3. The molecule has 1 aromatic heterocycles. The van der Waals surface area contributed by atoms with E-state index in [1.165, 1.54) is 49.2 Å². The monoisotopic (exact) mass is 573 g/mol. The second-order valence-corrected chi connectivity index (χ2v) is 11.6. The van der Waals surface area contributed by atoms with Gasteiger partial charge in [0.15, 0.2) is 0 Å². The van der Waals surface area contributed by atoms with Crippen molar-refractivity contribution in [3.63, 3.8) is 0 Å². The smallest absolute Gasteiger partial charge is 0.143 e. The van der Waals surface area contributed by atoms with Gasteiger partial charge in [-0.15, -0.1) is 0 Å². The van der Waals surface area contributed by atoms with E-state index >= 15 is 0 Å². The summed E-state index contributed by atoms with van der Waals surface area (Å²) in [5.74, 6) is 1.65. The molecule has 2 heteroatoms. The fraction of sp³-hybridized carbons (Fsp3) is 0. The highest BCUT2D eigenvalue weighted by Crippen LogP contribution is 2.47. The van der Waals surface area contributed by atoms with Crippen molar-refractivity contribution in [2.24, 2.45) is 0 Å². The molecule has 0 atom stereocenters. The Morgan fingerprint density at radius 1 is 0.400 bits per heavy atom. The molecule has 0 spiro atoms. The molecule has 0 bridgehead atoms. The van der Waals surface area contributed by atoms with Gasteiger partial charge < -0.3 is 4.74 Å². The standard InChI is InChI=1S/C43H27NO/c1-2-10-28(11-3-1)29-18-19-31-25-33(21-20-30(31)24-29)45-43-38-17-9-8-16-37(38)42(41-27-44-23-22-39(41)43)40-26-32-12-4-5-13-34(32)35-14-6-7-15-36(35)40/h1-27H. The number of aromatic nitrogens is 1. The summed E-state index contributed by atoms with van der Waals surface area (Å²) < 4.78 is 6.85. The molecule has 45 heavy (non-hydrogen) atoms. The van der Waals surface area contributed by atoms with Gasteiger partial charge >= 0.3 is 0 Å². The number of hydrogen-bond acceptors (Lipinski definition) is 2. The highest BCUT2D eigenvalue weighted by Gasteiger charge is 2.19. The molecule has 210 valence electrons. The topological polar surface area (TPSA) is 22.1 Å². The van der Waals surface area contributed by atoms with Crippen molar-refractivity contribution >= 4 is 53.9 Å². The molecule has 8 aromatic carbocycles. The van der Waals surface area contributed by atoms with E-state index in [2.05, 4.69) is 151 Å². The van der Waals surface area contributed by atoms with E-state index in [1.807, 2.05) is 18.5 Å². The molecule has 0 radical (unpaired) electrons. The maximum absolute atomic E-state index is 6.85. The molecular weight excluding hydrogens is 546 g/mol. The third kappa shape index (κ3) is 4.22. The van der Waals surface area contributed by atoms with Gasteiger partial charge in [-0.05, 0) is 90.3 Å². The summed E-state index contributed by atoms with van der Waals surface area (Å²) in [7, 11) is 0. The minimum atomic E-state index is 0.808. The van der Waals surface area contributed by atoms with Crippen LogP contribution in [0, 0.1) is 0 Å². The lowest BCUT2D eigenvalue weighted by molar-refractivity contribution is 0.494. The number of hydrogen-bond donors (Lipinski definition) is 0. The third-order valence-electron chi connectivity index (χ3n) is 8.95. The Bertz CT molecular complexity index is 2510. The molecule has 0 saturated heterocycles. The summed E-state index contributed by atoms with van der Waals surface area (Å²) >= 11 is 0. The zero-order valence-electron chi connectivity index (χ0n) is 24.4. The fourth-order valence-electron chi connectivity index (χ4n) is 6.86. The molecule has 9 aromatic rings. The Hall–Kier alpha value is -5.99. The van der Waals surface area contributed by atoms with Crippen LogP contribution in [0.1, 0.15) is 0 Å². The molecule has 0 aliphatic heterocycles. The van der Waals surface area contributed by atoms with Crippen molar-refractivity contribution in [2.45, 2.75) is 0 Å². The van der Waals surface area contributed by atoms with E-state index in [-0.39, 0.29) is 0 Å². The van der Waals surface area contributed by atoms with Crippen LogP contribution in [0.3, 0.4) is 0 Å². The maximum Gasteiger partial charge on any atom is 0.143 e. The predicted octanol–water partition coefficient (Wildman–Crippen LogP) is 12.0. The molecule has 0 amide bonds. The number of benzene rings is 8. The number of ether oxygens (including phenoxy) is 1. The van der Waals surface area contributed by atoms with Crippen LogP contribution in [0.25, 0.3) is 76.1 Å². The van der Waals surface area contributed by atoms with Gasteiger partial charge in [0.05, 0.1) is 0 Å². The van der Waals surface area contributed by atoms with Gasteiger partial charge in [-0.3, -0.25) is 4.98 Å². The summed E-state index contributed by atoms with van der Waals surface area (Å²) in [6, 6.07) is 53.8. The zero-order chi connectivity index (χ0) is 29.7. The fourth-order valence-corrected chi connectivity index (χ4v) is 6.86. The zero-order valence-corrected chi connectivity index (χ0v) is 24.4. The van der Waals surface area contributed by atoms with Gasteiger partial charge in [-0.25, -0.2) is 0 Å². The lowest BCUT2D eigenvalue weighted by atomic mass is 9.87. The minimum absolute atomic E-state index is 0.808. The van der Waals surface area contributed by atoms with Crippen molar-refractivity contribution < 1.29 is 4.74 Å². The van der Waals surface area contributed by atoms with Crippen LogP contribution < -0.4 is 4.74 Å². The van der Waals surface area contributed by atoms with E-state index in [0.29, 0.717) is 0 Å². The van der Waals surface area contributed by atoms with Gasteiger partial charge in [0.1, 0.15) is 11.5 Å². The first-order valence-electron chi connectivity index (χ1n) is 15.3. The SMILES string of the molecule is c1ccc(-c2ccc3cc(Oc4c5ccccc5c(-c5cc6ccccc6c6ccccc56)c5cnccc45)ccc3c2)cc1. The van der Waals surface area contributed by atoms with E-state index in [0.717, 1.165) is 38.4 Å². The van der Waals surface area contributed by atoms with E-state index in [4.69, 9.17) is 4.74 Å². The molecule has 0 fully saturated rings. The highest BCUT2D eigenvalue weighted by molar-refractivity contribution is 6.23.